The summed E-state index contributed by atoms with van der Waals surface area (Å²) in [5.74, 6) is -0.722. The average Bonchev–Trinajstić information content (AvgIpc) is 2.26. The third-order valence-electron chi connectivity index (χ3n) is 2.76. The SMILES string of the molecule is CCCNC(C)(Cc1cccc(F)c1)C(N)=O. The number of hydrogen-bond donors (Lipinski definition) is 2. The second-order valence-electron chi connectivity index (χ2n) is 4.43. The van der Waals surface area contributed by atoms with Crippen molar-refractivity contribution in [2.45, 2.75) is 32.2 Å². The highest BCUT2D eigenvalue weighted by atomic mass is 19.1. The molecule has 1 atom stereocenters. The Kier molecular flexibility index (Phi) is 4.63. The second-order valence-corrected chi connectivity index (χ2v) is 4.43. The zero-order chi connectivity index (χ0) is 12.9. The van der Waals surface area contributed by atoms with Gasteiger partial charge in [0.2, 0.25) is 5.91 Å². The summed E-state index contributed by atoms with van der Waals surface area (Å²) in [4.78, 5) is 11.5. The van der Waals surface area contributed by atoms with E-state index in [1.54, 1.807) is 19.1 Å². The lowest BCUT2D eigenvalue weighted by Crippen LogP contribution is -2.54. The van der Waals surface area contributed by atoms with Gasteiger partial charge in [0.05, 0.1) is 5.54 Å². The van der Waals surface area contributed by atoms with Crippen molar-refractivity contribution in [2.75, 3.05) is 6.54 Å². The highest BCUT2D eigenvalue weighted by Crippen LogP contribution is 2.14. The van der Waals surface area contributed by atoms with E-state index in [4.69, 9.17) is 5.73 Å². The van der Waals surface area contributed by atoms with Crippen LogP contribution in [0.4, 0.5) is 4.39 Å². The van der Waals surface area contributed by atoms with Crippen LogP contribution in [-0.4, -0.2) is 18.0 Å². The fraction of sp³-hybridized carbons (Fsp3) is 0.462. The van der Waals surface area contributed by atoms with Crippen molar-refractivity contribution < 1.29 is 9.18 Å². The van der Waals surface area contributed by atoms with Crippen LogP contribution in [0.1, 0.15) is 25.8 Å². The maximum Gasteiger partial charge on any atom is 0.237 e. The number of primary amides is 1. The number of nitrogens with one attached hydrogen (secondary N) is 1. The quantitative estimate of drug-likeness (QED) is 0.791. The molecule has 3 nitrogen and oxygen atoms in total. The first-order valence-electron chi connectivity index (χ1n) is 5.77. The van der Waals surface area contributed by atoms with Gasteiger partial charge in [0.1, 0.15) is 5.82 Å². The summed E-state index contributed by atoms with van der Waals surface area (Å²) in [5, 5.41) is 3.12. The van der Waals surface area contributed by atoms with Crippen LogP contribution in [0.25, 0.3) is 0 Å². The Hall–Kier alpha value is -1.42. The van der Waals surface area contributed by atoms with Gasteiger partial charge >= 0.3 is 0 Å². The van der Waals surface area contributed by atoms with E-state index < -0.39 is 11.4 Å². The summed E-state index contributed by atoms with van der Waals surface area (Å²) >= 11 is 0. The molecule has 94 valence electrons. The van der Waals surface area contributed by atoms with E-state index in [0.29, 0.717) is 13.0 Å². The van der Waals surface area contributed by atoms with Gasteiger partial charge in [-0.15, -0.1) is 0 Å². The van der Waals surface area contributed by atoms with Crippen LogP contribution in [0.15, 0.2) is 24.3 Å². The van der Waals surface area contributed by atoms with Crippen LogP contribution < -0.4 is 11.1 Å². The first-order valence-corrected chi connectivity index (χ1v) is 5.77. The van der Waals surface area contributed by atoms with Crippen molar-refractivity contribution in [2.24, 2.45) is 5.73 Å². The molecule has 0 aliphatic heterocycles. The lowest BCUT2D eigenvalue weighted by Gasteiger charge is -2.27. The average molecular weight is 238 g/mol. The maximum absolute atomic E-state index is 13.1. The predicted octanol–water partition coefficient (Wildman–Crippen LogP) is 1.61. The molecular formula is C13H19FN2O. The van der Waals surface area contributed by atoms with Gasteiger partial charge in [-0.2, -0.15) is 0 Å². The summed E-state index contributed by atoms with van der Waals surface area (Å²) in [5.41, 5.74) is 5.33. The normalized spacial score (nSPS) is 14.3. The van der Waals surface area contributed by atoms with Crippen LogP contribution in [-0.2, 0) is 11.2 Å². The molecule has 0 spiro atoms. The molecule has 4 heteroatoms. The number of benzene rings is 1. The summed E-state index contributed by atoms with van der Waals surface area (Å²) in [7, 11) is 0. The monoisotopic (exact) mass is 238 g/mol. The molecule has 1 aromatic rings. The lowest BCUT2D eigenvalue weighted by molar-refractivity contribution is -0.123. The summed E-state index contributed by atoms with van der Waals surface area (Å²) in [6, 6.07) is 6.23. The smallest absolute Gasteiger partial charge is 0.237 e. The van der Waals surface area contributed by atoms with E-state index in [0.717, 1.165) is 12.0 Å². The van der Waals surface area contributed by atoms with Gasteiger partial charge in [0, 0.05) is 0 Å². The Balaban J connectivity index is 2.83. The molecule has 0 saturated carbocycles. The molecule has 3 N–H and O–H groups in total. The Morgan fingerprint density at radius 2 is 2.24 bits per heavy atom. The third kappa shape index (κ3) is 3.82. The molecular weight excluding hydrogens is 219 g/mol. The number of amides is 1. The Morgan fingerprint density at radius 3 is 2.76 bits per heavy atom. The van der Waals surface area contributed by atoms with Gasteiger partial charge in [-0.05, 0) is 44.0 Å². The lowest BCUT2D eigenvalue weighted by atomic mass is 9.92. The van der Waals surface area contributed by atoms with Crippen LogP contribution in [0.2, 0.25) is 0 Å². The summed E-state index contributed by atoms with van der Waals surface area (Å²) in [6.07, 6.45) is 1.30. The molecule has 1 aromatic carbocycles. The van der Waals surface area contributed by atoms with Crippen molar-refractivity contribution in [3.63, 3.8) is 0 Å². The molecule has 1 amide bonds. The van der Waals surface area contributed by atoms with E-state index in [2.05, 4.69) is 5.32 Å². The van der Waals surface area contributed by atoms with Gasteiger partial charge in [0.25, 0.3) is 0 Å². The van der Waals surface area contributed by atoms with Gasteiger partial charge in [-0.25, -0.2) is 4.39 Å². The first kappa shape index (κ1) is 13.6. The number of carbonyl (C=O) groups is 1. The summed E-state index contributed by atoms with van der Waals surface area (Å²) < 4.78 is 13.1. The van der Waals surface area contributed by atoms with Crippen molar-refractivity contribution in [1.82, 2.24) is 5.32 Å². The van der Waals surface area contributed by atoms with E-state index in [1.807, 2.05) is 6.92 Å². The topological polar surface area (TPSA) is 55.1 Å². The highest BCUT2D eigenvalue weighted by molar-refractivity contribution is 5.84. The molecule has 0 saturated heterocycles. The molecule has 0 aliphatic carbocycles. The minimum absolute atomic E-state index is 0.301. The zero-order valence-corrected chi connectivity index (χ0v) is 10.3. The Bertz CT molecular complexity index is 395. The number of halogens is 1. The van der Waals surface area contributed by atoms with Crippen molar-refractivity contribution in [3.8, 4) is 0 Å². The largest absolute Gasteiger partial charge is 0.368 e. The van der Waals surface area contributed by atoms with Crippen LogP contribution in [0.3, 0.4) is 0 Å². The highest BCUT2D eigenvalue weighted by Gasteiger charge is 2.30. The number of carbonyl (C=O) groups excluding carboxylic acids is 1. The fourth-order valence-corrected chi connectivity index (χ4v) is 1.69. The standard InChI is InChI=1S/C13H19FN2O/c1-3-7-16-13(2,12(15)17)9-10-5-4-6-11(14)8-10/h4-6,8,16H,3,7,9H2,1-2H3,(H2,15,17). The van der Waals surface area contributed by atoms with E-state index in [-0.39, 0.29) is 5.82 Å². The van der Waals surface area contributed by atoms with E-state index >= 15 is 0 Å². The predicted molar refractivity (Wildman–Crippen MR) is 66.0 cm³/mol. The summed E-state index contributed by atoms with van der Waals surface area (Å²) in [6.45, 7) is 4.46. The fourth-order valence-electron chi connectivity index (χ4n) is 1.69. The molecule has 0 aliphatic rings. The number of rotatable bonds is 6. The number of hydrogen-bond acceptors (Lipinski definition) is 2. The van der Waals surface area contributed by atoms with Crippen molar-refractivity contribution >= 4 is 5.91 Å². The second kappa shape index (κ2) is 5.77. The molecule has 0 aromatic heterocycles. The van der Waals surface area contributed by atoms with Crippen LogP contribution in [0.5, 0.6) is 0 Å². The van der Waals surface area contributed by atoms with Crippen molar-refractivity contribution in [3.05, 3.63) is 35.6 Å². The van der Waals surface area contributed by atoms with E-state index in [1.165, 1.54) is 12.1 Å². The first-order chi connectivity index (χ1) is 7.98. The molecule has 0 radical (unpaired) electrons. The van der Waals surface area contributed by atoms with Crippen molar-refractivity contribution in [1.29, 1.82) is 0 Å². The van der Waals surface area contributed by atoms with E-state index in [9.17, 15) is 9.18 Å². The van der Waals surface area contributed by atoms with Gasteiger partial charge in [-0.3, -0.25) is 4.79 Å². The molecule has 0 bridgehead atoms. The molecule has 0 heterocycles. The van der Waals surface area contributed by atoms with Crippen LogP contribution >= 0.6 is 0 Å². The molecule has 17 heavy (non-hydrogen) atoms. The Morgan fingerprint density at radius 1 is 1.53 bits per heavy atom. The minimum Gasteiger partial charge on any atom is -0.368 e. The molecule has 1 rings (SSSR count). The third-order valence-corrected chi connectivity index (χ3v) is 2.76. The molecule has 0 fully saturated rings. The van der Waals surface area contributed by atoms with Gasteiger partial charge < -0.3 is 11.1 Å². The van der Waals surface area contributed by atoms with Gasteiger partial charge in [-0.1, -0.05) is 19.1 Å². The van der Waals surface area contributed by atoms with Crippen LogP contribution in [0, 0.1) is 5.82 Å². The van der Waals surface area contributed by atoms with Gasteiger partial charge in [0.15, 0.2) is 0 Å². The number of nitrogens with two attached hydrogens (primary N) is 1. The maximum atomic E-state index is 13.1. The molecule has 1 unspecified atom stereocenters. The Labute approximate surface area is 101 Å². The zero-order valence-electron chi connectivity index (χ0n) is 10.3. The minimum atomic E-state index is -0.830.